The van der Waals surface area contributed by atoms with Gasteiger partial charge in [0.15, 0.2) is 0 Å². The van der Waals surface area contributed by atoms with Crippen LogP contribution >= 0.6 is 0 Å². The van der Waals surface area contributed by atoms with Crippen molar-refractivity contribution in [1.82, 2.24) is 9.88 Å². The van der Waals surface area contributed by atoms with Gasteiger partial charge in [0.1, 0.15) is 0 Å². The Labute approximate surface area is 121 Å². The summed E-state index contributed by atoms with van der Waals surface area (Å²) in [5.41, 5.74) is 1.33. The summed E-state index contributed by atoms with van der Waals surface area (Å²) in [5.74, 6) is 0. The van der Waals surface area contributed by atoms with Gasteiger partial charge >= 0.3 is 0 Å². The van der Waals surface area contributed by atoms with Gasteiger partial charge in [-0.2, -0.15) is 0 Å². The van der Waals surface area contributed by atoms with E-state index in [0.717, 1.165) is 25.7 Å². The highest BCUT2D eigenvalue weighted by molar-refractivity contribution is 5.07. The first kappa shape index (κ1) is 15.5. The molecule has 2 rings (SSSR count). The van der Waals surface area contributed by atoms with Gasteiger partial charge < -0.3 is 24.1 Å². The van der Waals surface area contributed by atoms with Crippen LogP contribution in [0.25, 0.3) is 0 Å². The lowest BCUT2D eigenvalue weighted by atomic mass is 10.4. The molecule has 0 atom stereocenters. The number of nitrogens with one attached hydrogen (secondary N) is 1. The molecule has 5 nitrogen and oxygen atoms in total. The Morgan fingerprint density at radius 3 is 2.65 bits per heavy atom. The molecule has 1 heterocycles. The molecule has 0 spiro atoms. The molecule has 1 aliphatic rings. The molecule has 1 fully saturated rings. The minimum absolute atomic E-state index is 0.630. The summed E-state index contributed by atoms with van der Waals surface area (Å²) < 4.78 is 18.1. The summed E-state index contributed by atoms with van der Waals surface area (Å²) in [4.78, 5) is 0. The molecule has 0 aromatic carbocycles. The first-order chi connectivity index (χ1) is 9.90. The van der Waals surface area contributed by atoms with Crippen molar-refractivity contribution < 1.29 is 14.2 Å². The summed E-state index contributed by atoms with van der Waals surface area (Å²) in [5, 5.41) is 3.54. The van der Waals surface area contributed by atoms with Gasteiger partial charge in [0.25, 0.3) is 0 Å². The van der Waals surface area contributed by atoms with Crippen molar-refractivity contribution in [3.63, 3.8) is 0 Å². The van der Waals surface area contributed by atoms with Crippen molar-refractivity contribution >= 4 is 0 Å². The molecule has 1 aromatic rings. The minimum atomic E-state index is 0.630. The fourth-order valence-electron chi connectivity index (χ4n) is 1.99. The van der Waals surface area contributed by atoms with Crippen molar-refractivity contribution in [2.24, 2.45) is 0 Å². The van der Waals surface area contributed by atoms with Crippen LogP contribution in [0, 0.1) is 0 Å². The molecule has 1 saturated carbocycles. The molecule has 0 radical (unpaired) electrons. The molecule has 1 aliphatic carbocycles. The lowest BCUT2D eigenvalue weighted by Gasteiger charge is -2.10. The Hall–Kier alpha value is -0.880. The van der Waals surface area contributed by atoms with Gasteiger partial charge in [-0.15, -0.1) is 0 Å². The van der Waals surface area contributed by atoms with Crippen molar-refractivity contribution in [1.29, 1.82) is 0 Å². The number of ether oxygens (including phenoxy) is 3. The Kier molecular flexibility index (Phi) is 7.08. The van der Waals surface area contributed by atoms with Crippen LogP contribution in [0.15, 0.2) is 18.3 Å². The number of methoxy groups -OCH3 is 1. The average molecular weight is 282 g/mol. The second-order valence-corrected chi connectivity index (χ2v) is 5.07. The Balaban J connectivity index is 1.51. The lowest BCUT2D eigenvalue weighted by Crippen LogP contribution is -2.19. The fourth-order valence-corrected chi connectivity index (χ4v) is 1.99. The van der Waals surface area contributed by atoms with E-state index in [2.05, 4.69) is 28.2 Å². The van der Waals surface area contributed by atoms with Crippen molar-refractivity contribution in [3.8, 4) is 0 Å². The maximum Gasteiger partial charge on any atom is 0.0701 e. The predicted molar refractivity (Wildman–Crippen MR) is 77.8 cm³/mol. The van der Waals surface area contributed by atoms with Crippen LogP contribution < -0.4 is 5.32 Å². The van der Waals surface area contributed by atoms with E-state index < -0.39 is 0 Å². The van der Waals surface area contributed by atoms with Crippen molar-refractivity contribution in [2.45, 2.75) is 32.0 Å². The van der Waals surface area contributed by atoms with Crippen molar-refractivity contribution in [2.75, 3.05) is 40.1 Å². The van der Waals surface area contributed by atoms with Gasteiger partial charge in [-0.3, -0.25) is 0 Å². The zero-order chi connectivity index (χ0) is 14.0. The maximum absolute atomic E-state index is 5.57. The van der Waals surface area contributed by atoms with E-state index in [9.17, 15) is 0 Å². The number of hydrogen-bond donors (Lipinski definition) is 1. The molecule has 0 aliphatic heterocycles. The largest absolute Gasteiger partial charge is 0.382 e. The number of nitrogens with zero attached hydrogens (tertiary/aromatic N) is 1. The van der Waals surface area contributed by atoms with Gasteiger partial charge in [0.2, 0.25) is 0 Å². The molecule has 1 aromatic heterocycles. The first-order valence-corrected chi connectivity index (χ1v) is 7.42. The van der Waals surface area contributed by atoms with Crippen LogP contribution in [-0.2, 0) is 27.3 Å². The molecule has 114 valence electrons. The van der Waals surface area contributed by atoms with Crippen LogP contribution in [-0.4, -0.2) is 50.8 Å². The lowest BCUT2D eigenvalue weighted by molar-refractivity contribution is 0.0229. The van der Waals surface area contributed by atoms with Crippen LogP contribution in [0.4, 0.5) is 0 Å². The van der Waals surface area contributed by atoms with Crippen molar-refractivity contribution in [3.05, 3.63) is 24.0 Å². The monoisotopic (exact) mass is 282 g/mol. The summed E-state index contributed by atoms with van der Waals surface area (Å²) in [6.07, 6.45) is 4.77. The van der Waals surface area contributed by atoms with Crippen LogP contribution in [0.1, 0.15) is 18.5 Å². The van der Waals surface area contributed by atoms with Crippen LogP contribution in [0.5, 0.6) is 0 Å². The summed E-state index contributed by atoms with van der Waals surface area (Å²) >= 11 is 0. The Morgan fingerprint density at radius 1 is 1.15 bits per heavy atom. The topological polar surface area (TPSA) is 44.7 Å². The van der Waals surface area contributed by atoms with E-state index in [1.54, 1.807) is 7.11 Å². The summed E-state index contributed by atoms with van der Waals surface area (Å²) in [7, 11) is 1.67. The Morgan fingerprint density at radius 2 is 1.90 bits per heavy atom. The fraction of sp³-hybridized carbons (Fsp3) is 0.733. The molecule has 0 saturated heterocycles. The SMILES string of the molecule is COCCOCCOCCn1cccc1CNC1CC1. The van der Waals surface area contributed by atoms with Crippen LogP contribution in [0.3, 0.4) is 0 Å². The summed E-state index contributed by atoms with van der Waals surface area (Å²) in [6.45, 7) is 5.12. The van der Waals surface area contributed by atoms with Gasteiger partial charge in [-0.1, -0.05) is 0 Å². The summed E-state index contributed by atoms with van der Waals surface area (Å²) in [6, 6.07) is 5.01. The van der Waals surface area contributed by atoms with Gasteiger partial charge in [-0.25, -0.2) is 0 Å². The molecular formula is C15H26N2O3. The molecule has 0 bridgehead atoms. The highest BCUT2D eigenvalue weighted by Gasteiger charge is 2.20. The third-order valence-electron chi connectivity index (χ3n) is 3.35. The third-order valence-corrected chi connectivity index (χ3v) is 3.35. The van der Waals surface area contributed by atoms with Gasteiger partial charge in [0.05, 0.1) is 33.0 Å². The van der Waals surface area contributed by atoms with E-state index in [-0.39, 0.29) is 0 Å². The highest BCUT2D eigenvalue weighted by Crippen LogP contribution is 2.19. The zero-order valence-electron chi connectivity index (χ0n) is 12.3. The van der Waals surface area contributed by atoms with E-state index in [1.165, 1.54) is 18.5 Å². The third kappa shape index (κ3) is 6.05. The number of hydrogen-bond acceptors (Lipinski definition) is 4. The maximum atomic E-state index is 5.57. The van der Waals surface area contributed by atoms with E-state index >= 15 is 0 Å². The average Bonchev–Trinajstić information content (AvgIpc) is 3.19. The molecule has 5 heteroatoms. The number of aromatic nitrogens is 1. The second kappa shape index (κ2) is 9.13. The quantitative estimate of drug-likeness (QED) is 0.589. The predicted octanol–water partition coefficient (Wildman–Crippen LogP) is 1.42. The molecule has 0 amide bonds. The smallest absolute Gasteiger partial charge is 0.0701 e. The Bertz CT molecular complexity index is 364. The normalized spacial score (nSPS) is 14.8. The van der Waals surface area contributed by atoms with Crippen LogP contribution in [0.2, 0.25) is 0 Å². The molecule has 0 unspecified atom stereocenters. The van der Waals surface area contributed by atoms with Gasteiger partial charge in [0, 0.05) is 38.1 Å². The minimum Gasteiger partial charge on any atom is -0.382 e. The zero-order valence-corrected chi connectivity index (χ0v) is 12.3. The highest BCUT2D eigenvalue weighted by atomic mass is 16.5. The van der Waals surface area contributed by atoms with E-state index in [1.807, 2.05) is 0 Å². The van der Waals surface area contributed by atoms with Gasteiger partial charge in [-0.05, 0) is 25.0 Å². The standard InChI is InChI=1S/C15H26N2O3/c1-18-9-10-20-12-11-19-8-7-17-6-2-3-15(17)13-16-14-4-5-14/h2-3,6,14,16H,4-5,7-13H2,1H3. The van der Waals surface area contributed by atoms with E-state index in [4.69, 9.17) is 14.2 Å². The van der Waals surface area contributed by atoms with E-state index in [0.29, 0.717) is 26.4 Å². The second-order valence-electron chi connectivity index (χ2n) is 5.07. The first-order valence-electron chi connectivity index (χ1n) is 7.42. The number of rotatable bonds is 12. The molecule has 20 heavy (non-hydrogen) atoms. The molecular weight excluding hydrogens is 256 g/mol. The molecule has 1 N–H and O–H groups in total.